The highest BCUT2D eigenvalue weighted by Gasteiger charge is 2.22. The van der Waals surface area contributed by atoms with E-state index in [1.165, 1.54) is 11.1 Å². The number of aromatic nitrogens is 2. The van der Waals surface area contributed by atoms with E-state index in [-0.39, 0.29) is 24.7 Å². The third-order valence-corrected chi connectivity index (χ3v) is 6.50. The van der Waals surface area contributed by atoms with Gasteiger partial charge in [0.25, 0.3) is 5.89 Å². The summed E-state index contributed by atoms with van der Waals surface area (Å²) in [6, 6.07) is 11.3. The molecule has 2 aromatic carbocycles. The zero-order chi connectivity index (χ0) is 26.5. The Hall–Kier alpha value is -3.74. The van der Waals surface area contributed by atoms with Crippen molar-refractivity contribution in [2.24, 2.45) is 0 Å². The van der Waals surface area contributed by atoms with Crippen molar-refractivity contribution in [3.05, 3.63) is 52.6 Å². The lowest BCUT2D eigenvalue weighted by atomic mass is 9.93. The van der Waals surface area contributed by atoms with Gasteiger partial charge in [0.2, 0.25) is 11.7 Å². The molecule has 2 N–H and O–H groups in total. The lowest BCUT2D eigenvalue weighted by Gasteiger charge is -2.20. The number of nitrogens with zero attached hydrogens (tertiary/aromatic N) is 4. The molecule has 37 heavy (non-hydrogen) atoms. The number of aliphatic hydroxyl groups is 1. The molecule has 0 fully saturated rings. The number of rotatable bonds is 8. The standard InChI is InChI=1S/C28H33N5O4/c1-17(2)36-25-8-6-21(13-22(25)14-29)28-31-27(32-37-28)24-7-5-20-9-11-33(12-10-23(20)19(24)4)15-26(35)30-18(3)16-34/h5-8,13,17-18,34H,9-12,15-16H2,1-4H3,(H,30,35)/t18-/m0/s1. The van der Waals surface area contributed by atoms with Crippen molar-refractivity contribution in [3.8, 4) is 34.7 Å². The van der Waals surface area contributed by atoms with Crippen molar-refractivity contribution in [1.29, 1.82) is 5.26 Å². The van der Waals surface area contributed by atoms with Gasteiger partial charge in [-0.15, -0.1) is 0 Å². The van der Waals surface area contributed by atoms with E-state index >= 15 is 0 Å². The first-order chi connectivity index (χ1) is 17.8. The smallest absolute Gasteiger partial charge is 0.258 e. The highest BCUT2D eigenvalue weighted by Crippen LogP contribution is 2.31. The second-order valence-electron chi connectivity index (χ2n) is 9.72. The maximum Gasteiger partial charge on any atom is 0.258 e. The van der Waals surface area contributed by atoms with Crippen molar-refractivity contribution in [2.75, 3.05) is 26.2 Å². The molecule has 4 rings (SSSR count). The van der Waals surface area contributed by atoms with Gasteiger partial charge in [-0.3, -0.25) is 9.69 Å². The average Bonchev–Trinajstić information content (AvgIpc) is 3.26. The monoisotopic (exact) mass is 503 g/mol. The van der Waals surface area contributed by atoms with Gasteiger partial charge in [-0.25, -0.2) is 0 Å². The number of aliphatic hydroxyl groups excluding tert-OH is 1. The quantitative estimate of drug-likeness (QED) is 0.480. The van der Waals surface area contributed by atoms with E-state index in [2.05, 4.69) is 39.4 Å². The zero-order valence-electron chi connectivity index (χ0n) is 21.7. The molecular weight excluding hydrogens is 470 g/mol. The number of fused-ring (bicyclic) bond motifs is 1. The number of benzene rings is 2. The molecule has 0 bridgehead atoms. The third-order valence-electron chi connectivity index (χ3n) is 6.50. The van der Waals surface area contributed by atoms with Crippen molar-refractivity contribution in [1.82, 2.24) is 20.4 Å². The van der Waals surface area contributed by atoms with Gasteiger partial charge in [-0.05, 0) is 75.4 Å². The van der Waals surface area contributed by atoms with E-state index in [1.807, 2.05) is 26.0 Å². The van der Waals surface area contributed by atoms with Crippen LogP contribution in [-0.2, 0) is 17.6 Å². The summed E-state index contributed by atoms with van der Waals surface area (Å²) in [6.45, 7) is 9.46. The molecule has 1 amide bonds. The minimum absolute atomic E-state index is 0.0386. The van der Waals surface area contributed by atoms with Crippen molar-refractivity contribution in [3.63, 3.8) is 0 Å². The molecule has 1 aromatic heterocycles. The fourth-order valence-electron chi connectivity index (χ4n) is 4.58. The summed E-state index contributed by atoms with van der Waals surface area (Å²) < 4.78 is 11.3. The Morgan fingerprint density at radius 2 is 2.03 bits per heavy atom. The fraction of sp³-hybridized carbons (Fsp3) is 0.429. The van der Waals surface area contributed by atoms with Crippen LogP contribution >= 0.6 is 0 Å². The van der Waals surface area contributed by atoms with Gasteiger partial charge >= 0.3 is 0 Å². The molecule has 0 spiro atoms. The number of carbonyl (C=O) groups is 1. The SMILES string of the molecule is Cc1c(-c2noc(-c3ccc(OC(C)C)c(C#N)c3)n2)ccc2c1CCN(CC(=O)N[C@@H](C)CO)CC2. The molecule has 194 valence electrons. The maximum absolute atomic E-state index is 12.3. The summed E-state index contributed by atoms with van der Waals surface area (Å²) >= 11 is 0. The highest BCUT2D eigenvalue weighted by atomic mass is 16.5. The van der Waals surface area contributed by atoms with Crippen LogP contribution in [0.1, 0.15) is 43.0 Å². The Bertz CT molecular complexity index is 1310. The number of hydrogen-bond donors (Lipinski definition) is 2. The summed E-state index contributed by atoms with van der Waals surface area (Å²) in [5.74, 6) is 1.28. The Morgan fingerprint density at radius 1 is 1.24 bits per heavy atom. The van der Waals surface area contributed by atoms with Gasteiger partial charge in [0.1, 0.15) is 11.8 Å². The first-order valence-corrected chi connectivity index (χ1v) is 12.6. The second-order valence-corrected chi connectivity index (χ2v) is 9.72. The van der Waals surface area contributed by atoms with Gasteiger partial charge in [0.05, 0.1) is 24.8 Å². The molecule has 0 unspecified atom stereocenters. The molecule has 3 aromatic rings. The molecule has 0 saturated carbocycles. The van der Waals surface area contributed by atoms with Crippen LogP contribution in [0, 0.1) is 18.3 Å². The Kier molecular flexibility index (Phi) is 8.21. The molecule has 2 heterocycles. The van der Waals surface area contributed by atoms with Gasteiger partial charge in [-0.1, -0.05) is 17.3 Å². The second kappa shape index (κ2) is 11.5. The van der Waals surface area contributed by atoms with E-state index in [9.17, 15) is 10.1 Å². The van der Waals surface area contributed by atoms with Crippen LogP contribution in [0.5, 0.6) is 5.75 Å². The van der Waals surface area contributed by atoms with E-state index in [4.69, 9.17) is 14.4 Å². The van der Waals surface area contributed by atoms with Crippen molar-refractivity contribution >= 4 is 5.91 Å². The Labute approximate surface area is 217 Å². The lowest BCUT2D eigenvalue weighted by molar-refractivity contribution is -0.123. The van der Waals surface area contributed by atoms with Crippen LogP contribution in [0.3, 0.4) is 0 Å². The summed E-state index contributed by atoms with van der Waals surface area (Å²) in [4.78, 5) is 19.1. The highest BCUT2D eigenvalue weighted by molar-refractivity contribution is 5.78. The van der Waals surface area contributed by atoms with E-state index in [1.54, 1.807) is 19.1 Å². The van der Waals surface area contributed by atoms with Gasteiger partial charge in [0, 0.05) is 30.3 Å². The number of ether oxygens (including phenoxy) is 1. The van der Waals surface area contributed by atoms with Crippen molar-refractivity contribution in [2.45, 2.75) is 52.7 Å². The van der Waals surface area contributed by atoms with Crippen LogP contribution in [-0.4, -0.2) is 64.4 Å². The molecule has 0 saturated heterocycles. The molecular formula is C28H33N5O4. The minimum atomic E-state index is -0.251. The number of amides is 1. The molecule has 0 radical (unpaired) electrons. The van der Waals surface area contributed by atoms with Crippen LogP contribution < -0.4 is 10.1 Å². The summed E-state index contributed by atoms with van der Waals surface area (Å²) in [5, 5.41) is 25.8. The first-order valence-electron chi connectivity index (χ1n) is 12.6. The van der Waals surface area contributed by atoms with E-state index < -0.39 is 0 Å². The zero-order valence-corrected chi connectivity index (χ0v) is 21.7. The molecule has 0 aliphatic carbocycles. The maximum atomic E-state index is 12.3. The summed E-state index contributed by atoms with van der Waals surface area (Å²) in [5.41, 5.74) is 5.58. The molecule has 1 aliphatic heterocycles. The third kappa shape index (κ3) is 6.16. The first kappa shape index (κ1) is 26.3. The molecule has 1 atom stereocenters. The van der Waals surface area contributed by atoms with Crippen molar-refractivity contribution < 1.29 is 19.2 Å². The molecule has 9 heteroatoms. The Balaban J connectivity index is 1.52. The summed E-state index contributed by atoms with van der Waals surface area (Å²) in [6.07, 6.45) is 1.62. The van der Waals surface area contributed by atoms with Crippen LogP contribution in [0.4, 0.5) is 0 Å². The number of nitrogens with one attached hydrogen (secondary N) is 1. The topological polar surface area (TPSA) is 125 Å². The number of nitriles is 1. The number of carbonyl (C=O) groups excluding carboxylic acids is 1. The molecule has 1 aliphatic rings. The minimum Gasteiger partial charge on any atom is -0.490 e. The van der Waals surface area contributed by atoms with Gasteiger partial charge in [0.15, 0.2) is 0 Å². The van der Waals surface area contributed by atoms with Crippen LogP contribution in [0.15, 0.2) is 34.9 Å². The van der Waals surface area contributed by atoms with Crippen LogP contribution in [0.2, 0.25) is 0 Å². The predicted octanol–water partition coefficient (Wildman–Crippen LogP) is 3.27. The van der Waals surface area contributed by atoms with Gasteiger partial charge < -0.3 is 19.7 Å². The average molecular weight is 504 g/mol. The van der Waals surface area contributed by atoms with E-state index in [0.717, 1.165) is 37.1 Å². The van der Waals surface area contributed by atoms with Crippen LogP contribution in [0.25, 0.3) is 22.8 Å². The summed E-state index contributed by atoms with van der Waals surface area (Å²) in [7, 11) is 0. The predicted molar refractivity (Wildman–Crippen MR) is 139 cm³/mol. The normalized spacial score (nSPS) is 14.5. The lowest BCUT2D eigenvalue weighted by Crippen LogP contribution is -2.43. The van der Waals surface area contributed by atoms with E-state index in [0.29, 0.717) is 35.1 Å². The largest absolute Gasteiger partial charge is 0.490 e. The Morgan fingerprint density at radius 3 is 2.76 bits per heavy atom. The van der Waals surface area contributed by atoms with Gasteiger partial charge in [-0.2, -0.15) is 10.2 Å². The number of hydrogen-bond acceptors (Lipinski definition) is 8. The molecule has 9 nitrogen and oxygen atoms in total. The fourth-order valence-corrected chi connectivity index (χ4v) is 4.58.